The molecule has 0 aliphatic carbocycles. The van der Waals surface area contributed by atoms with E-state index in [4.69, 9.17) is 0 Å². The third-order valence-electron chi connectivity index (χ3n) is 3.37. The van der Waals surface area contributed by atoms with Crippen molar-refractivity contribution < 1.29 is 4.39 Å². The van der Waals surface area contributed by atoms with Crippen molar-refractivity contribution in [3.63, 3.8) is 0 Å². The average molecular weight is 245 g/mol. The quantitative estimate of drug-likeness (QED) is 0.853. The molecule has 0 radical (unpaired) electrons. The van der Waals surface area contributed by atoms with Crippen LogP contribution < -0.4 is 5.32 Å². The van der Waals surface area contributed by atoms with E-state index in [1.54, 1.807) is 12.3 Å². The lowest BCUT2D eigenvalue weighted by Crippen LogP contribution is -2.27. The summed E-state index contributed by atoms with van der Waals surface area (Å²) in [5.74, 6) is 0.730. The molecule has 1 unspecified atom stereocenters. The van der Waals surface area contributed by atoms with Crippen LogP contribution in [0.15, 0.2) is 30.5 Å². The minimum Gasteiger partial charge on any atom is -0.341 e. The van der Waals surface area contributed by atoms with E-state index in [-0.39, 0.29) is 5.82 Å². The number of nitrogens with one attached hydrogen (secondary N) is 2. The van der Waals surface area contributed by atoms with Crippen molar-refractivity contribution in [1.29, 1.82) is 0 Å². The van der Waals surface area contributed by atoms with Gasteiger partial charge in [-0.05, 0) is 31.5 Å². The predicted octanol–water partition coefficient (Wildman–Crippen LogP) is 3.03. The second-order valence-electron chi connectivity index (χ2n) is 4.69. The lowest BCUT2D eigenvalue weighted by Gasteiger charge is -2.21. The second kappa shape index (κ2) is 4.90. The number of aromatic nitrogens is 2. The van der Waals surface area contributed by atoms with Crippen LogP contribution in [0.5, 0.6) is 0 Å². The minimum atomic E-state index is -0.223. The van der Waals surface area contributed by atoms with E-state index >= 15 is 0 Å². The Hall–Kier alpha value is -1.68. The molecule has 18 heavy (non-hydrogen) atoms. The Balaban J connectivity index is 1.84. The van der Waals surface area contributed by atoms with Gasteiger partial charge in [-0.15, -0.1) is 0 Å². The van der Waals surface area contributed by atoms with Crippen molar-refractivity contribution in [2.75, 3.05) is 6.54 Å². The molecule has 2 heterocycles. The summed E-state index contributed by atoms with van der Waals surface area (Å²) in [6, 6.07) is 6.87. The fourth-order valence-electron chi connectivity index (χ4n) is 2.40. The highest BCUT2D eigenvalue weighted by atomic mass is 19.1. The maximum absolute atomic E-state index is 13.2. The zero-order valence-electron chi connectivity index (χ0n) is 10.1. The Labute approximate surface area is 105 Å². The maximum atomic E-state index is 13.2. The molecule has 1 aromatic carbocycles. The molecule has 0 amide bonds. The topological polar surface area (TPSA) is 40.7 Å². The lowest BCUT2D eigenvalue weighted by molar-refractivity contribution is 0.399. The van der Waals surface area contributed by atoms with Gasteiger partial charge in [0.15, 0.2) is 0 Å². The fourth-order valence-corrected chi connectivity index (χ4v) is 2.40. The molecule has 1 aliphatic rings. The zero-order valence-corrected chi connectivity index (χ0v) is 10.1. The van der Waals surface area contributed by atoms with Gasteiger partial charge in [-0.2, -0.15) is 0 Å². The molecule has 3 rings (SSSR count). The third kappa shape index (κ3) is 2.29. The third-order valence-corrected chi connectivity index (χ3v) is 3.37. The van der Waals surface area contributed by atoms with E-state index in [1.165, 1.54) is 25.0 Å². The summed E-state index contributed by atoms with van der Waals surface area (Å²) in [6.45, 7) is 1.04. The van der Waals surface area contributed by atoms with E-state index in [2.05, 4.69) is 15.3 Å². The SMILES string of the molecule is Fc1cccc(-c2cnc(C3CCCCN3)[nH]2)c1. The first kappa shape index (κ1) is 11.4. The molecule has 1 fully saturated rings. The van der Waals surface area contributed by atoms with E-state index in [1.807, 2.05) is 6.07 Å². The van der Waals surface area contributed by atoms with E-state index in [0.717, 1.165) is 30.0 Å². The number of hydrogen-bond donors (Lipinski definition) is 2. The van der Waals surface area contributed by atoms with Crippen LogP contribution in [0.2, 0.25) is 0 Å². The number of halogens is 1. The van der Waals surface area contributed by atoms with Gasteiger partial charge in [0.1, 0.15) is 11.6 Å². The Morgan fingerprint density at radius 3 is 3.00 bits per heavy atom. The number of piperidine rings is 1. The largest absolute Gasteiger partial charge is 0.341 e. The van der Waals surface area contributed by atoms with Crippen LogP contribution in [0.3, 0.4) is 0 Å². The number of rotatable bonds is 2. The summed E-state index contributed by atoms with van der Waals surface area (Å²) in [5, 5.41) is 3.44. The first-order valence-corrected chi connectivity index (χ1v) is 6.37. The second-order valence-corrected chi connectivity index (χ2v) is 4.69. The van der Waals surface area contributed by atoms with Crippen LogP contribution in [0.4, 0.5) is 4.39 Å². The smallest absolute Gasteiger partial charge is 0.123 e. The molecule has 1 aliphatic heterocycles. The molecule has 1 aromatic heterocycles. The van der Waals surface area contributed by atoms with Crippen LogP contribution in [0.25, 0.3) is 11.3 Å². The summed E-state index contributed by atoms with van der Waals surface area (Å²) in [5.41, 5.74) is 1.71. The lowest BCUT2D eigenvalue weighted by atomic mass is 10.0. The van der Waals surface area contributed by atoms with Crippen molar-refractivity contribution in [2.24, 2.45) is 0 Å². The van der Waals surface area contributed by atoms with Gasteiger partial charge in [-0.3, -0.25) is 0 Å². The van der Waals surface area contributed by atoms with E-state index < -0.39 is 0 Å². The molecule has 0 bridgehead atoms. The molecular weight excluding hydrogens is 229 g/mol. The van der Waals surface area contributed by atoms with Crippen molar-refractivity contribution in [3.05, 3.63) is 42.1 Å². The summed E-state index contributed by atoms with van der Waals surface area (Å²) < 4.78 is 13.2. The van der Waals surface area contributed by atoms with Crippen LogP contribution >= 0.6 is 0 Å². The van der Waals surface area contributed by atoms with E-state index in [0.29, 0.717) is 6.04 Å². The highest BCUT2D eigenvalue weighted by molar-refractivity contribution is 5.58. The Kier molecular flexibility index (Phi) is 3.11. The number of nitrogens with zero attached hydrogens (tertiary/aromatic N) is 1. The number of H-pyrrole nitrogens is 1. The molecule has 0 saturated carbocycles. The predicted molar refractivity (Wildman–Crippen MR) is 68.6 cm³/mol. The molecule has 1 saturated heterocycles. The fraction of sp³-hybridized carbons (Fsp3) is 0.357. The minimum absolute atomic E-state index is 0.223. The van der Waals surface area contributed by atoms with Crippen molar-refractivity contribution in [1.82, 2.24) is 15.3 Å². The molecular formula is C14H16FN3. The molecule has 0 spiro atoms. The summed E-state index contributed by atoms with van der Waals surface area (Å²) in [7, 11) is 0. The van der Waals surface area contributed by atoms with Gasteiger partial charge in [0.05, 0.1) is 17.9 Å². The first-order valence-electron chi connectivity index (χ1n) is 6.37. The average Bonchev–Trinajstić information content (AvgIpc) is 2.89. The van der Waals surface area contributed by atoms with E-state index in [9.17, 15) is 4.39 Å². The Morgan fingerprint density at radius 2 is 2.22 bits per heavy atom. The van der Waals surface area contributed by atoms with Crippen LogP contribution in [-0.4, -0.2) is 16.5 Å². The Morgan fingerprint density at radius 1 is 1.28 bits per heavy atom. The highest BCUT2D eigenvalue weighted by Crippen LogP contribution is 2.24. The van der Waals surface area contributed by atoms with Gasteiger partial charge in [0.2, 0.25) is 0 Å². The zero-order chi connectivity index (χ0) is 12.4. The van der Waals surface area contributed by atoms with Crippen LogP contribution in [-0.2, 0) is 0 Å². The first-order chi connectivity index (χ1) is 8.83. The number of hydrogen-bond acceptors (Lipinski definition) is 2. The molecule has 2 aromatic rings. The number of imidazole rings is 1. The van der Waals surface area contributed by atoms with Gasteiger partial charge >= 0.3 is 0 Å². The normalized spacial score (nSPS) is 19.9. The Bertz CT molecular complexity index is 529. The summed E-state index contributed by atoms with van der Waals surface area (Å²) in [4.78, 5) is 7.69. The summed E-state index contributed by atoms with van der Waals surface area (Å²) in [6.07, 6.45) is 5.35. The van der Waals surface area contributed by atoms with Gasteiger partial charge < -0.3 is 10.3 Å². The van der Waals surface area contributed by atoms with Crippen molar-refractivity contribution in [2.45, 2.75) is 25.3 Å². The van der Waals surface area contributed by atoms with Gasteiger partial charge in [-0.1, -0.05) is 18.6 Å². The van der Waals surface area contributed by atoms with Gasteiger partial charge in [-0.25, -0.2) is 9.37 Å². The standard InChI is InChI=1S/C14H16FN3/c15-11-5-3-4-10(8-11)13-9-17-14(18-13)12-6-1-2-7-16-12/h3-5,8-9,12,16H,1-2,6-7H2,(H,17,18). The highest BCUT2D eigenvalue weighted by Gasteiger charge is 2.17. The summed E-state index contributed by atoms with van der Waals surface area (Å²) >= 11 is 0. The van der Waals surface area contributed by atoms with Crippen LogP contribution in [0.1, 0.15) is 31.1 Å². The molecule has 3 nitrogen and oxygen atoms in total. The van der Waals surface area contributed by atoms with Crippen molar-refractivity contribution >= 4 is 0 Å². The number of aromatic amines is 1. The van der Waals surface area contributed by atoms with Gasteiger partial charge in [0, 0.05) is 5.56 Å². The molecule has 1 atom stereocenters. The number of benzene rings is 1. The van der Waals surface area contributed by atoms with Gasteiger partial charge in [0.25, 0.3) is 0 Å². The molecule has 2 N–H and O–H groups in total. The molecule has 4 heteroatoms. The van der Waals surface area contributed by atoms with Crippen LogP contribution in [0, 0.1) is 5.82 Å². The van der Waals surface area contributed by atoms with Crippen molar-refractivity contribution in [3.8, 4) is 11.3 Å². The monoisotopic (exact) mass is 245 g/mol. The molecule has 94 valence electrons. The maximum Gasteiger partial charge on any atom is 0.123 e.